The fourth-order valence-electron chi connectivity index (χ4n) is 5.69. The topological polar surface area (TPSA) is 65.1 Å². The number of likely N-dealkylation sites (tertiary alicyclic amines) is 1. The van der Waals surface area contributed by atoms with Gasteiger partial charge in [-0.2, -0.15) is 0 Å². The van der Waals surface area contributed by atoms with E-state index in [9.17, 15) is 9.59 Å². The Labute approximate surface area is 175 Å². The Hall–Kier alpha value is -1.34. The Morgan fingerprint density at radius 3 is 2.24 bits per heavy atom. The molecule has 4 fully saturated rings. The highest BCUT2D eigenvalue weighted by Crippen LogP contribution is 2.37. The molecule has 164 valence electrons. The zero-order valence-corrected chi connectivity index (χ0v) is 18.0. The lowest BCUT2D eigenvalue weighted by Gasteiger charge is -2.49. The molecule has 1 N–H and O–H groups in total. The lowest BCUT2D eigenvalue weighted by molar-refractivity contribution is -0.139. The van der Waals surface area contributed by atoms with Crippen LogP contribution in [0.15, 0.2) is 0 Å². The molecule has 3 heterocycles. The van der Waals surface area contributed by atoms with Crippen molar-refractivity contribution in [3.05, 3.63) is 0 Å². The number of piperidine rings is 1. The van der Waals surface area contributed by atoms with Crippen LogP contribution in [0.4, 0.5) is 4.79 Å². The third-order valence-corrected chi connectivity index (χ3v) is 7.64. The number of hydrogen-bond acceptors (Lipinski definition) is 4. The van der Waals surface area contributed by atoms with E-state index in [1.54, 1.807) is 6.92 Å². The first-order chi connectivity index (χ1) is 14.0. The first-order valence-electron chi connectivity index (χ1n) is 11.7. The fraction of sp³-hybridized carbons (Fsp3) is 0.909. The highest BCUT2D eigenvalue weighted by atomic mass is 16.5. The second-order valence-electron chi connectivity index (χ2n) is 9.49. The second kappa shape index (κ2) is 9.21. The largest absolute Gasteiger partial charge is 0.375 e. The van der Waals surface area contributed by atoms with Crippen molar-refractivity contribution in [1.29, 1.82) is 0 Å². The predicted molar refractivity (Wildman–Crippen MR) is 112 cm³/mol. The van der Waals surface area contributed by atoms with Crippen molar-refractivity contribution in [3.63, 3.8) is 0 Å². The van der Waals surface area contributed by atoms with E-state index in [4.69, 9.17) is 4.74 Å². The van der Waals surface area contributed by atoms with Crippen LogP contribution in [0.1, 0.15) is 64.7 Å². The van der Waals surface area contributed by atoms with E-state index in [1.807, 2.05) is 9.80 Å². The molecule has 3 saturated heterocycles. The Bertz CT molecular complexity index is 577. The van der Waals surface area contributed by atoms with Gasteiger partial charge >= 0.3 is 6.03 Å². The van der Waals surface area contributed by atoms with Crippen molar-refractivity contribution in [2.75, 3.05) is 45.9 Å². The summed E-state index contributed by atoms with van der Waals surface area (Å²) >= 11 is 0. The van der Waals surface area contributed by atoms with E-state index in [-0.39, 0.29) is 17.5 Å². The molecule has 3 aliphatic heterocycles. The normalized spacial score (nSPS) is 29.1. The summed E-state index contributed by atoms with van der Waals surface area (Å²) in [5.74, 6) is 0.187. The monoisotopic (exact) mass is 406 g/mol. The fourth-order valence-corrected chi connectivity index (χ4v) is 5.69. The number of rotatable bonds is 2. The average molecular weight is 407 g/mol. The number of nitrogens with zero attached hydrogens (tertiary/aromatic N) is 3. The van der Waals surface area contributed by atoms with Crippen LogP contribution in [-0.4, -0.2) is 90.2 Å². The van der Waals surface area contributed by atoms with Crippen LogP contribution in [0, 0.1) is 0 Å². The number of ether oxygens (including phenoxy) is 1. The molecule has 7 nitrogen and oxygen atoms in total. The van der Waals surface area contributed by atoms with Crippen LogP contribution < -0.4 is 5.32 Å². The van der Waals surface area contributed by atoms with Crippen LogP contribution in [-0.2, 0) is 9.53 Å². The van der Waals surface area contributed by atoms with Gasteiger partial charge in [0.2, 0.25) is 5.91 Å². The first-order valence-corrected chi connectivity index (χ1v) is 11.7. The Kier molecular flexibility index (Phi) is 6.64. The maximum Gasteiger partial charge on any atom is 0.317 e. The van der Waals surface area contributed by atoms with Gasteiger partial charge in [-0.05, 0) is 38.5 Å². The van der Waals surface area contributed by atoms with Gasteiger partial charge in [0.15, 0.2) is 0 Å². The van der Waals surface area contributed by atoms with Crippen LogP contribution in [0.25, 0.3) is 0 Å². The summed E-state index contributed by atoms with van der Waals surface area (Å²) in [4.78, 5) is 30.8. The average Bonchev–Trinajstić information content (AvgIpc) is 2.75. The quantitative estimate of drug-likeness (QED) is 0.764. The van der Waals surface area contributed by atoms with Crippen molar-refractivity contribution in [2.24, 2.45) is 0 Å². The molecule has 1 unspecified atom stereocenters. The summed E-state index contributed by atoms with van der Waals surface area (Å²) in [5, 5.41) is 3.26. The van der Waals surface area contributed by atoms with Crippen molar-refractivity contribution < 1.29 is 14.3 Å². The lowest BCUT2D eigenvalue weighted by Crippen LogP contribution is -2.58. The van der Waals surface area contributed by atoms with E-state index >= 15 is 0 Å². The van der Waals surface area contributed by atoms with Gasteiger partial charge in [0.05, 0.1) is 5.60 Å². The molecule has 3 amide bonds. The van der Waals surface area contributed by atoms with E-state index in [0.717, 1.165) is 84.4 Å². The van der Waals surface area contributed by atoms with Gasteiger partial charge in [-0.25, -0.2) is 4.79 Å². The molecule has 1 aliphatic carbocycles. The summed E-state index contributed by atoms with van der Waals surface area (Å²) in [6.07, 6.45) is 10.1. The minimum absolute atomic E-state index is 0.0672. The van der Waals surface area contributed by atoms with Gasteiger partial charge in [0.25, 0.3) is 0 Å². The van der Waals surface area contributed by atoms with E-state index < -0.39 is 0 Å². The molecule has 0 aromatic heterocycles. The lowest BCUT2D eigenvalue weighted by atomic mass is 9.81. The van der Waals surface area contributed by atoms with Crippen LogP contribution in [0.2, 0.25) is 0 Å². The summed E-state index contributed by atoms with van der Waals surface area (Å²) in [6.45, 7) is 7.69. The van der Waals surface area contributed by atoms with Crippen molar-refractivity contribution in [3.8, 4) is 0 Å². The number of carbonyl (C=O) groups excluding carboxylic acids is 2. The Balaban J connectivity index is 1.25. The van der Waals surface area contributed by atoms with E-state index in [1.165, 1.54) is 19.3 Å². The number of piperazine rings is 1. The van der Waals surface area contributed by atoms with Crippen LogP contribution in [0.5, 0.6) is 0 Å². The molecule has 0 aromatic rings. The summed E-state index contributed by atoms with van der Waals surface area (Å²) < 4.78 is 6.32. The highest BCUT2D eigenvalue weighted by molar-refractivity contribution is 5.74. The maximum absolute atomic E-state index is 12.7. The van der Waals surface area contributed by atoms with Crippen LogP contribution >= 0.6 is 0 Å². The molecule has 4 aliphatic rings. The molecule has 1 atom stereocenters. The molecule has 7 heteroatoms. The Morgan fingerprint density at radius 1 is 0.897 bits per heavy atom. The van der Waals surface area contributed by atoms with E-state index in [2.05, 4.69) is 10.2 Å². The van der Waals surface area contributed by atoms with Gasteiger partial charge in [-0.3, -0.25) is 9.69 Å². The highest BCUT2D eigenvalue weighted by Gasteiger charge is 2.43. The first kappa shape index (κ1) is 20.9. The van der Waals surface area contributed by atoms with Gasteiger partial charge < -0.3 is 19.9 Å². The zero-order chi connectivity index (χ0) is 20.3. The maximum atomic E-state index is 12.7. The number of amides is 3. The van der Waals surface area contributed by atoms with Crippen molar-refractivity contribution in [2.45, 2.75) is 82.4 Å². The molecule has 4 rings (SSSR count). The van der Waals surface area contributed by atoms with Crippen molar-refractivity contribution >= 4 is 11.9 Å². The number of hydrogen-bond donors (Lipinski definition) is 1. The third-order valence-electron chi connectivity index (χ3n) is 7.64. The third kappa shape index (κ3) is 5.05. The molecule has 0 aromatic carbocycles. The second-order valence-corrected chi connectivity index (χ2v) is 9.49. The van der Waals surface area contributed by atoms with Gasteiger partial charge in [0, 0.05) is 64.9 Å². The molecule has 0 bridgehead atoms. The summed E-state index contributed by atoms with van der Waals surface area (Å²) in [5.41, 5.74) is -0.0672. The smallest absolute Gasteiger partial charge is 0.317 e. The molecular weight excluding hydrogens is 368 g/mol. The van der Waals surface area contributed by atoms with Crippen LogP contribution in [0.3, 0.4) is 0 Å². The van der Waals surface area contributed by atoms with Gasteiger partial charge in [-0.1, -0.05) is 19.3 Å². The van der Waals surface area contributed by atoms with Gasteiger partial charge in [-0.15, -0.1) is 0 Å². The molecular formula is C22H38N4O3. The molecule has 29 heavy (non-hydrogen) atoms. The SMILES string of the molecule is CC(=O)N1CCN(C2CCOC3(CCN(C(=O)NC4CCCCC4)CC3)C2)CC1. The summed E-state index contributed by atoms with van der Waals surface area (Å²) in [7, 11) is 0. The van der Waals surface area contributed by atoms with E-state index in [0.29, 0.717) is 12.1 Å². The van der Waals surface area contributed by atoms with Gasteiger partial charge in [0.1, 0.15) is 0 Å². The molecule has 1 spiro atoms. The number of urea groups is 1. The summed E-state index contributed by atoms with van der Waals surface area (Å²) in [6, 6.07) is 1.04. The molecule has 0 radical (unpaired) electrons. The minimum atomic E-state index is -0.0672. The Morgan fingerprint density at radius 2 is 1.59 bits per heavy atom. The number of carbonyl (C=O) groups is 2. The number of nitrogens with one attached hydrogen (secondary N) is 1. The van der Waals surface area contributed by atoms with Crippen molar-refractivity contribution in [1.82, 2.24) is 20.0 Å². The predicted octanol–water partition coefficient (Wildman–Crippen LogP) is 2.21. The standard InChI is InChI=1S/C22H38N4O3/c1-18(27)24-12-14-25(15-13-24)20-7-16-29-22(17-20)8-10-26(11-9-22)21(28)23-19-5-3-2-4-6-19/h19-20H,2-17H2,1H3,(H,23,28). The minimum Gasteiger partial charge on any atom is -0.375 e. The molecule has 1 saturated carbocycles. The zero-order valence-electron chi connectivity index (χ0n) is 18.0.